The highest BCUT2D eigenvalue weighted by Crippen LogP contribution is 2.27. The molecule has 7 nitrogen and oxygen atoms in total. The Balaban J connectivity index is 1.58. The highest BCUT2D eigenvalue weighted by molar-refractivity contribution is 7.93. The number of amides is 1. The Labute approximate surface area is 182 Å². The lowest BCUT2D eigenvalue weighted by Crippen LogP contribution is -2.40. The molecular formula is C23H26N2O5S. The van der Waals surface area contributed by atoms with Crippen LogP contribution in [0.15, 0.2) is 54.6 Å². The first kappa shape index (κ1) is 21.4. The van der Waals surface area contributed by atoms with Crippen molar-refractivity contribution in [3.05, 3.63) is 65.7 Å². The Bertz CT molecular complexity index is 1050. The van der Waals surface area contributed by atoms with Gasteiger partial charge >= 0.3 is 5.97 Å². The van der Waals surface area contributed by atoms with Gasteiger partial charge in [0.2, 0.25) is 16.1 Å². The van der Waals surface area contributed by atoms with Gasteiger partial charge in [0.05, 0.1) is 17.0 Å². The second-order valence-corrected chi connectivity index (χ2v) is 9.89. The molecule has 0 bridgehead atoms. The summed E-state index contributed by atoms with van der Waals surface area (Å²) in [4.78, 5) is 27.9. The molecule has 1 amide bonds. The number of likely N-dealkylation sites (tertiary alicyclic amines) is 1. The summed E-state index contributed by atoms with van der Waals surface area (Å²) in [5.74, 6) is -0.780. The molecule has 0 aromatic heterocycles. The van der Waals surface area contributed by atoms with Gasteiger partial charge in [-0.3, -0.25) is 9.10 Å². The van der Waals surface area contributed by atoms with Crippen LogP contribution >= 0.6 is 0 Å². The zero-order chi connectivity index (χ0) is 21.8. The van der Waals surface area contributed by atoms with Crippen LogP contribution in [0.5, 0.6) is 0 Å². The van der Waals surface area contributed by atoms with Crippen LogP contribution < -0.4 is 4.31 Å². The monoisotopic (exact) mass is 442 g/mol. The summed E-state index contributed by atoms with van der Waals surface area (Å²) in [5, 5.41) is 0. The van der Waals surface area contributed by atoms with Crippen LogP contribution in [0.1, 0.15) is 47.7 Å². The number of piperidine rings is 1. The number of benzene rings is 2. The molecule has 0 saturated carbocycles. The van der Waals surface area contributed by atoms with Gasteiger partial charge < -0.3 is 9.64 Å². The van der Waals surface area contributed by atoms with E-state index in [4.69, 9.17) is 4.74 Å². The number of anilines is 1. The third-order valence-electron chi connectivity index (χ3n) is 5.69. The second-order valence-electron chi connectivity index (χ2n) is 7.87. The Morgan fingerprint density at radius 3 is 2.29 bits per heavy atom. The summed E-state index contributed by atoms with van der Waals surface area (Å²) in [6.07, 6.45) is 2.48. The Kier molecular flexibility index (Phi) is 6.27. The molecule has 2 aliphatic rings. The zero-order valence-electron chi connectivity index (χ0n) is 17.3. The van der Waals surface area contributed by atoms with Crippen molar-refractivity contribution in [2.75, 3.05) is 29.7 Å². The molecule has 164 valence electrons. The molecule has 0 radical (unpaired) electrons. The molecule has 4 rings (SSSR count). The maximum absolute atomic E-state index is 13.2. The first-order valence-corrected chi connectivity index (χ1v) is 12.2. The second kappa shape index (κ2) is 9.09. The van der Waals surface area contributed by atoms with Gasteiger partial charge in [-0.25, -0.2) is 13.2 Å². The summed E-state index contributed by atoms with van der Waals surface area (Å²) in [6.45, 7) is 1.70. The number of sulfonamides is 1. The molecule has 0 spiro atoms. The number of hydrogen-bond acceptors (Lipinski definition) is 5. The smallest absolute Gasteiger partial charge is 0.339 e. The highest BCUT2D eigenvalue weighted by atomic mass is 32.2. The molecule has 2 aromatic carbocycles. The highest BCUT2D eigenvalue weighted by Gasteiger charge is 2.32. The number of carbonyl (C=O) groups is 2. The molecule has 31 heavy (non-hydrogen) atoms. The summed E-state index contributed by atoms with van der Waals surface area (Å²) in [7, 11) is -3.36. The number of carbonyl (C=O) groups excluding carboxylic acids is 2. The van der Waals surface area contributed by atoms with E-state index in [0.29, 0.717) is 37.3 Å². The molecule has 2 aromatic rings. The minimum atomic E-state index is -3.36. The Hall–Kier alpha value is -2.87. The van der Waals surface area contributed by atoms with Crippen LogP contribution in [-0.2, 0) is 19.6 Å². The van der Waals surface area contributed by atoms with Crippen molar-refractivity contribution in [1.82, 2.24) is 4.90 Å². The van der Waals surface area contributed by atoms with E-state index in [0.717, 1.165) is 19.3 Å². The molecule has 1 unspecified atom stereocenters. The van der Waals surface area contributed by atoms with Crippen LogP contribution in [0.4, 0.5) is 5.69 Å². The van der Waals surface area contributed by atoms with Crippen molar-refractivity contribution < 1.29 is 22.7 Å². The van der Waals surface area contributed by atoms with Gasteiger partial charge in [0, 0.05) is 25.2 Å². The van der Waals surface area contributed by atoms with Gasteiger partial charge in [-0.2, -0.15) is 0 Å². The van der Waals surface area contributed by atoms with Crippen LogP contribution in [0, 0.1) is 0 Å². The minimum absolute atomic E-state index is 0.0993. The van der Waals surface area contributed by atoms with E-state index in [1.54, 1.807) is 47.4 Å². The van der Waals surface area contributed by atoms with Crippen LogP contribution in [0.2, 0.25) is 0 Å². The fourth-order valence-electron chi connectivity index (χ4n) is 4.06. The lowest BCUT2D eigenvalue weighted by Gasteiger charge is -2.30. The lowest BCUT2D eigenvalue weighted by molar-refractivity contribution is -0.142. The molecule has 2 heterocycles. The van der Waals surface area contributed by atoms with Crippen molar-refractivity contribution in [1.29, 1.82) is 0 Å². The topological polar surface area (TPSA) is 84.0 Å². The number of rotatable bonds is 5. The van der Waals surface area contributed by atoms with Crippen LogP contribution in [0.25, 0.3) is 0 Å². The standard InChI is InChI=1S/C23H26N2O5S/c26-22(24-13-5-2-6-14-24)21(18-9-3-1-4-10-18)30-23(27)19-11-7-12-20(17-19)25-15-8-16-31(25,28)29/h1,3-4,7,9-12,17,21H,2,5-6,8,13-16H2. The fraction of sp³-hybridized carbons (Fsp3) is 0.391. The molecule has 1 atom stereocenters. The molecular weight excluding hydrogens is 416 g/mol. The minimum Gasteiger partial charge on any atom is -0.444 e. The average Bonchev–Trinajstić information content (AvgIpc) is 3.17. The van der Waals surface area contributed by atoms with Gasteiger partial charge in [-0.05, 0) is 43.9 Å². The van der Waals surface area contributed by atoms with Gasteiger partial charge in [0.15, 0.2) is 0 Å². The summed E-state index contributed by atoms with van der Waals surface area (Å²) in [6, 6.07) is 15.4. The summed E-state index contributed by atoms with van der Waals surface area (Å²) < 4.78 is 31.5. The van der Waals surface area contributed by atoms with Crippen molar-refractivity contribution in [3.63, 3.8) is 0 Å². The average molecular weight is 443 g/mol. The number of esters is 1. The number of nitrogens with zero attached hydrogens (tertiary/aromatic N) is 2. The maximum atomic E-state index is 13.2. The molecule has 8 heteroatoms. The molecule has 0 aliphatic carbocycles. The van der Waals surface area contributed by atoms with E-state index < -0.39 is 22.1 Å². The first-order chi connectivity index (χ1) is 15.0. The largest absolute Gasteiger partial charge is 0.444 e. The summed E-state index contributed by atoms with van der Waals surface area (Å²) >= 11 is 0. The normalized spacial score (nSPS) is 19.1. The third-order valence-corrected chi connectivity index (χ3v) is 7.56. The van der Waals surface area contributed by atoms with Gasteiger partial charge in [-0.1, -0.05) is 36.4 Å². The zero-order valence-corrected chi connectivity index (χ0v) is 18.1. The van der Waals surface area contributed by atoms with Gasteiger partial charge in [0.25, 0.3) is 5.91 Å². The van der Waals surface area contributed by atoms with Crippen molar-refractivity contribution in [2.24, 2.45) is 0 Å². The van der Waals surface area contributed by atoms with E-state index >= 15 is 0 Å². The van der Waals surface area contributed by atoms with Crippen molar-refractivity contribution in [2.45, 2.75) is 31.8 Å². The van der Waals surface area contributed by atoms with Crippen molar-refractivity contribution >= 4 is 27.6 Å². The maximum Gasteiger partial charge on any atom is 0.339 e. The van der Waals surface area contributed by atoms with Crippen LogP contribution in [-0.4, -0.2) is 50.6 Å². The predicted octanol–water partition coefficient (Wildman–Crippen LogP) is 3.14. The quantitative estimate of drug-likeness (QED) is 0.665. The molecule has 0 N–H and O–H groups in total. The Morgan fingerprint density at radius 1 is 0.871 bits per heavy atom. The van der Waals surface area contributed by atoms with E-state index in [-0.39, 0.29) is 17.2 Å². The van der Waals surface area contributed by atoms with Crippen molar-refractivity contribution in [3.8, 4) is 0 Å². The SMILES string of the molecule is O=C(OC(C(=O)N1CCCCC1)c1ccccc1)c1cccc(N2CCCS2(=O)=O)c1. The predicted molar refractivity (Wildman–Crippen MR) is 117 cm³/mol. The Morgan fingerprint density at radius 2 is 1.61 bits per heavy atom. The summed E-state index contributed by atoms with van der Waals surface area (Å²) in [5.41, 5.74) is 1.27. The lowest BCUT2D eigenvalue weighted by atomic mass is 10.1. The van der Waals surface area contributed by atoms with Gasteiger partial charge in [-0.15, -0.1) is 0 Å². The van der Waals surface area contributed by atoms with E-state index in [9.17, 15) is 18.0 Å². The fourth-order valence-corrected chi connectivity index (χ4v) is 5.62. The van der Waals surface area contributed by atoms with Gasteiger partial charge in [0.1, 0.15) is 0 Å². The van der Waals surface area contributed by atoms with E-state index in [1.165, 1.54) is 10.4 Å². The molecule has 2 aliphatic heterocycles. The molecule has 2 saturated heterocycles. The molecule has 2 fully saturated rings. The third kappa shape index (κ3) is 4.74. The van der Waals surface area contributed by atoms with E-state index in [1.807, 2.05) is 6.07 Å². The van der Waals surface area contributed by atoms with E-state index in [2.05, 4.69) is 0 Å². The number of ether oxygens (including phenoxy) is 1. The van der Waals surface area contributed by atoms with Crippen LogP contribution in [0.3, 0.4) is 0 Å². The number of hydrogen-bond donors (Lipinski definition) is 0. The first-order valence-electron chi connectivity index (χ1n) is 10.6.